The molecule has 0 saturated carbocycles. The highest BCUT2D eigenvalue weighted by atomic mass is 79.9. The molecule has 32 heavy (non-hydrogen) atoms. The van der Waals surface area contributed by atoms with Crippen molar-refractivity contribution in [2.24, 2.45) is 0 Å². The first kappa shape index (κ1) is 23.5. The predicted octanol–water partition coefficient (Wildman–Crippen LogP) is 4.90. The summed E-state index contributed by atoms with van der Waals surface area (Å²) in [5.74, 6) is 1.84. The Morgan fingerprint density at radius 2 is 1.84 bits per heavy atom. The second-order valence-electron chi connectivity index (χ2n) is 6.73. The first-order chi connectivity index (χ1) is 15.6. The quantitative estimate of drug-likeness (QED) is 0.214. The Morgan fingerprint density at radius 1 is 1.06 bits per heavy atom. The molecule has 0 aliphatic carbocycles. The first-order valence-corrected chi connectivity index (χ1v) is 10.9. The zero-order valence-electron chi connectivity index (χ0n) is 17.6. The summed E-state index contributed by atoms with van der Waals surface area (Å²) in [5.41, 5.74) is 1.90. The van der Waals surface area contributed by atoms with Gasteiger partial charge in [-0.2, -0.15) is 0 Å². The zero-order chi connectivity index (χ0) is 22.8. The zero-order valence-corrected chi connectivity index (χ0v) is 19.2. The third-order valence-electron chi connectivity index (χ3n) is 4.44. The lowest BCUT2D eigenvalue weighted by atomic mass is 10.2. The fourth-order valence-corrected chi connectivity index (χ4v) is 3.31. The molecule has 9 heteroatoms. The van der Waals surface area contributed by atoms with Crippen LogP contribution in [-0.4, -0.2) is 29.7 Å². The summed E-state index contributed by atoms with van der Waals surface area (Å²) in [6.07, 6.45) is 1.69. The number of hydrogen-bond acceptors (Lipinski definition) is 7. The van der Waals surface area contributed by atoms with Gasteiger partial charge in [0, 0.05) is 42.0 Å². The smallest absolute Gasteiger partial charge is 0.269 e. The number of pyridine rings is 1. The van der Waals surface area contributed by atoms with Crippen molar-refractivity contribution in [3.8, 4) is 17.4 Å². The number of nitro groups is 1. The van der Waals surface area contributed by atoms with Gasteiger partial charge < -0.3 is 19.5 Å². The molecule has 1 heterocycles. The number of nitro benzene ring substituents is 1. The van der Waals surface area contributed by atoms with E-state index in [9.17, 15) is 10.1 Å². The highest BCUT2D eigenvalue weighted by molar-refractivity contribution is 9.10. The fraction of sp³-hybridized carbons (Fsp3) is 0.261. The number of benzene rings is 2. The van der Waals surface area contributed by atoms with E-state index in [0.717, 1.165) is 15.6 Å². The van der Waals surface area contributed by atoms with Crippen molar-refractivity contribution in [3.05, 3.63) is 86.5 Å². The molecule has 0 unspecified atom stereocenters. The van der Waals surface area contributed by atoms with Gasteiger partial charge in [-0.1, -0.05) is 22.0 Å². The molecule has 0 aliphatic heterocycles. The fourth-order valence-electron chi connectivity index (χ4n) is 2.85. The third-order valence-corrected chi connectivity index (χ3v) is 5.17. The Labute approximate surface area is 194 Å². The Bertz CT molecular complexity index is 1020. The van der Waals surface area contributed by atoms with Gasteiger partial charge in [0.05, 0.1) is 11.5 Å². The standard InChI is InChI=1S/C23H24BrN3O5/c1-2-30-21-13-18(15-25-11-12-31-23-5-3-4-10-26-23)20(24)14-22(21)32-16-17-6-8-19(9-7-17)27(28)29/h3-10,13-14,25H,2,11-12,15-16H2,1H3. The van der Waals surface area contributed by atoms with Crippen LogP contribution in [0.2, 0.25) is 0 Å². The summed E-state index contributed by atoms with van der Waals surface area (Å²) in [6.45, 7) is 4.46. The number of rotatable bonds is 12. The molecule has 0 atom stereocenters. The van der Waals surface area contributed by atoms with Gasteiger partial charge in [0.1, 0.15) is 13.2 Å². The lowest BCUT2D eigenvalue weighted by Gasteiger charge is -2.15. The SMILES string of the molecule is CCOc1cc(CNCCOc2ccccn2)c(Br)cc1OCc1ccc([N+](=O)[O-])cc1. The average molecular weight is 502 g/mol. The van der Waals surface area contributed by atoms with Crippen molar-refractivity contribution in [1.82, 2.24) is 10.3 Å². The molecular formula is C23H24BrN3O5. The summed E-state index contributed by atoms with van der Waals surface area (Å²) >= 11 is 3.60. The topological polar surface area (TPSA) is 95.8 Å². The van der Waals surface area contributed by atoms with Gasteiger partial charge in [0.2, 0.25) is 5.88 Å². The van der Waals surface area contributed by atoms with E-state index in [-0.39, 0.29) is 12.3 Å². The van der Waals surface area contributed by atoms with Gasteiger partial charge >= 0.3 is 0 Å². The van der Waals surface area contributed by atoms with Crippen LogP contribution in [0.3, 0.4) is 0 Å². The van der Waals surface area contributed by atoms with Gasteiger partial charge in [-0.25, -0.2) is 4.98 Å². The molecule has 0 aliphatic rings. The van der Waals surface area contributed by atoms with Crippen LogP contribution in [0.1, 0.15) is 18.1 Å². The highest BCUT2D eigenvalue weighted by Gasteiger charge is 2.12. The van der Waals surface area contributed by atoms with Gasteiger partial charge in [-0.05, 0) is 48.4 Å². The van der Waals surface area contributed by atoms with E-state index in [2.05, 4.69) is 26.2 Å². The van der Waals surface area contributed by atoms with E-state index < -0.39 is 4.92 Å². The maximum atomic E-state index is 10.8. The number of aromatic nitrogens is 1. The maximum absolute atomic E-state index is 10.8. The van der Waals surface area contributed by atoms with E-state index in [1.807, 2.05) is 37.3 Å². The number of nitrogens with zero attached hydrogens (tertiary/aromatic N) is 2. The Balaban J connectivity index is 1.56. The molecule has 0 bridgehead atoms. The van der Waals surface area contributed by atoms with Gasteiger partial charge in [0.15, 0.2) is 11.5 Å². The van der Waals surface area contributed by atoms with Crippen LogP contribution < -0.4 is 19.5 Å². The number of hydrogen-bond donors (Lipinski definition) is 1. The molecule has 2 aromatic carbocycles. The molecule has 0 amide bonds. The summed E-state index contributed by atoms with van der Waals surface area (Å²) in [6, 6.07) is 15.6. The molecule has 0 spiro atoms. The molecule has 0 saturated heterocycles. The van der Waals surface area contributed by atoms with Gasteiger partial charge in [0.25, 0.3) is 5.69 Å². The molecule has 1 N–H and O–H groups in total. The second kappa shape index (κ2) is 12.0. The molecule has 0 fully saturated rings. The number of ether oxygens (including phenoxy) is 3. The molecule has 3 rings (SSSR count). The summed E-state index contributed by atoms with van der Waals surface area (Å²) in [7, 11) is 0. The van der Waals surface area contributed by atoms with Crippen molar-refractivity contribution >= 4 is 21.6 Å². The monoisotopic (exact) mass is 501 g/mol. The van der Waals surface area contributed by atoms with Gasteiger partial charge in [-0.3, -0.25) is 10.1 Å². The Kier molecular flexibility index (Phi) is 8.82. The largest absolute Gasteiger partial charge is 0.490 e. The van der Waals surface area contributed by atoms with E-state index in [1.165, 1.54) is 12.1 Å². The van der Waals surface area contributed by atoms with Crippen molar-refractivity contribution in [1.29, 1.82) is 0 Å². The molecule has 3 aromatic rings. The van der Waals surface area contributed by atoms with Gasteiger partial charge in [-0.15, -0.1) is 0 Å². The number of non-ortho nitro benzene ring substituents is 1. The molecule has 1 aromatic heterocycles. The predicted molar refractivity (Wildman–Crippen MR) is 124 cm³/mol. The maximum Gasteiger partial charge on any atom is 0.269 e. The minimum Gasteiger partial charge on any atom is -0.490 e. The van der Waals surface area contributed by atoms with E-state index in [4.69, 9.17) is 14.2 Å². The van der Waals surface area contributed by atoms with Crippen molar-refractivity contribution in [2.45, 2.75) is 20.1 Å². The second-order valence-corrected chi connectivity index (χ2v) is 7.58. The minimum absolute atomic E-state index is 0.0498. The highest BCUT2D eigenvalue weighted by Crippen LogP contribution is 2.34. The molecule has 168 valence electrons. The number of nitrogens with one attached hydrogen (secondary N) is 1. The summed E-state index contributed by atoms with van der Waals surface area (Å²) in [4.78, 5) is 14.5. The normalized spacial score (nSPS) is 10.6. The van der Waals surface area contributed by atoms with Crippen LogP contribution in [0.25, 0.3) is 0 Å². The van der Waals surface area contributed by atoms with Crippen LogP contribution in [0.15, 0.2) is 65.3 Å². The van der Waals surface area contributed by atoms with Crippen molar-refractivity contribution in [2.75, 3.05) is 19.8 Å². The van der Waals surface area contributed by atoms with Crippen LogP contribution >= 0.6 is 15.9 Å². The lowest BCUT2D eigenvalue weighted by Crippen LogP contribution is -2.21. The van der Waals surface area contributed by atoms with Crippen LogP contribution in [0, 0.1) is 10.1 Å². The van der Waals surface area contributed by atoms with Crippen molar-refractivity contribution < 1.29 is 19.1 Å². The summed E-state index contributed by atoms with van der Waals surface area (Å²) < 4.78 is 18.2. The van der Waals surface area contributed by atoms with Crippen LogP contribution in [-0.2, 0) is 13.2 Å². The molecular weight excluding hydrogens is 478 g/mol. The summed E-state index contributed by atoms with van der Waals surface area (Å²) in [5, 5.41) is 14.1. The third kappa shape index (κ3) is 6.93. The van der Waals surface area contributed by atoms with Crippen LogP contribution in [0.4, 0.5) is 5.69 Å². The molecule has 0 radical (unpaired) electrons. The van der Waals surface area contributed by atoms with E-state index >= 15 is 0 Å². The van der Waals surface area contributed by atoms with E-state index in [1.54, 1.807) is 18.3 Å². The Hall–Kier alpha value is -3.17. The average Bonchev–Trinajstić information content (AvgIpc) is 2.80. The first-order valence-electron chi connectivity index (χ1n) is 10.1. The van der Waals surface area contributed by atoms with Crippen LogP contribution in [0.5, 0.6) is 17.4 Å². The molecule has 8 nitrogen and oxygen atoms in total. The lowest BCUT2D eigenvalue weighted by molar-refractivity contribution is -0.384. The Morgan fingerprint density at radius 3 is 2.53 bits per heavy atom. The minimum atomic E-state index is -0.424. The van der Waals surface area contributed by atoms with E-state index in [0.29, 0.717) is 43.7 Å². The van der Waals surface area contributed by atoms with Crippen molar-refractivity contribution in [3.63, 3.8) is 0 Å². The number of halogens is 1.